The summed E-state index contributed by atoms with van der Waals surface area (Å²) in [5.74, 6) is 0. The summed E-state index contributed by atoms with van der Waals surface area (Å²) in [6.07, 6.45) is 0.318. The van der Waals surface area contributed by atoms with Crippen LogP contribution in [0.3, 0.4) is 0 Å². The normalized spacial score (nSPS) is 43.8. The number of hydrogen-bond acceptors (Lipinski definition) is 0. The van der Waals surface area contributed by atoms with Crippen molar-refractivity contribution >= 4 is 69.6 Å². The van der Waals surface area contributed by atoms with Gasteiger partial charge in [0.05, 0.1) is 20.1 Å². The van der Waals surface area contributed by atoms with Crippen molar-refractivity contribution in [3.63, 3.8) is 0 Å². The zero-order chi connectivity index (χ0) is 10.0. The molecule has 0 radical (unpaired) electrons. The molecule has 2 aliphatic carbocycles. The molecule has 72 valence electrons. The van der Waals surface area contributed by atoms with Crippen molar-refractivity contribution in [2.75, 3.05) is 0 Å². The number of allylic oxidation sites excluding steroid dienone is 4. The van der Waals surface area contributed by atoms with Gasteiger partial charge < -0.3 is 0 Å². The van der Waals surface area contributed by atoms with E-state index in [0.717, 1.165) is 0 Å². The first kappa shape index (κ1) is 10.7. The molecule has 0 unspecified atom stereocenters. The van der Waals surface area contributed by atoms with Crippen LogP contribution in [0, 0.1) is 0 Å². The van der Waals surface area contributed by atoms with Crippen molar-refractivity contribution < 1.29 is 0 Å². The Morgan fingerprint density at radius 3 is 1.08 bits per heavy atom. The van der Waals surface area contributed by atoms with Gasteiger partial charge in [-0.1, -0.05) is 46.4 Å². The van der Waals surface area contributed by atoms with Gasteiger partial charge in [-0.15, -0.1) is 23.2 Å². The number of hydrogen-bond donors (Lipinski definition) is 0. The van der Waals surface area contributed by atoms with E-state index in [1.807, 2.05) is 0 Å². The van der Waals surface area contributed by atoms with E-state index in [-0.39, 0.29) is 20.1 Å². The maximum Gasteiger partial charge on any atom is 0.120 e. The van der Waals surface area contributed by atoms with Crippen LogP contribution in [0.5, 0.6) is 0 Å². The Balaban J connectivity index is 2.68. The standard InChI is InChI=1S/C7H2Cl6/c8-2-3(9)7(13)1-6(2,12)4(10)5(7)11/h1H2. The van der Waals surface area contributed by atoms with E-state index in [4.69, 9.17) is 69.6 Å². The van der Waals surface area contributed by atoms with Gasteiger partial charge in [-0.05, 0) is 0 Å². The molecule has 0 fully saturated rings. The van der Waals surface area contributed by atoms with Crippen LogP contribution in [-0.2, 0) is 0 Å². The fourth-order valence-electron chi connectivity index (χ4n) is 1.53. The number of fused-ring (bicyclic) bond motifs is 2. The number of halogens is 6. The molecule has 2 aliphatic rings. The van der Waals surface area contributed by atoms with E-state index in [9.17, 15) is 0 Å². The molecule has 0 heterocycles. The molecule has 6 heteroatoms. The van der Waals surface area contributed by atoms with Crippen LogP contribution in [0.4, 0.5) is 0 Å². The van der Waals surface area contributed by atoms with Crippen molar-refractivity contribution in [2.24, 2.45) is 0 Å². The second-order valence-electron chi connectivity index (χ2n) is 3.04. The molecule has 0 atom stereocenters. The van der Waals surface area contributed by atoms with Crippen LogP contribution >= 0.6 is 69.6 Å². The Labute approximate surface area is 105 Å². The molecule has 0 aromatic heterocycles. The molecule has 0 amide bonds. The van der Waals surface area contributed by atoms with E-state index in [0.29, 0.717) is 6.42 Å². The predicted molar refractivity (Wildman–Crippen MR) is 59.2 cm³/mol. The summed E-state index contributed by atoms with van der Waals surface area (Å²) in [7, 11) is 0. The fourth-order valence-corrected chi connectivity index (χ4v) is 3.96. The first-order valence-electron chi connectivity index (χ1n) is 3.34. The van der Waals surface area contributed by atoms with Crippen LogP contribution < -0.4 is 0 Å². The molecule has 2 rings (SSSR count). The lowest BCUT2D eigenvalue weighted by atomic mass is 10.1. The van der Waals surface area contributed by atoms with Crippen molar-refractivity contribution in [2.45, 2.75) is 16.2 Å². The Morgan fingerprint density at radius 2 is 0.923 bits per heavy atom. The fraction of sp³-hybridized carbons (Fsp3) is 0.429. The van der Waals surface area contributed by atoms with E-state index >= 15 is 0 Å². The summed E-state index contributed by atoms with van der Waals surface area (Å²) >= 11 is 35.9. The summed E-state index contributed by atoms with van der Waals surface area (Å²) in [6, 6.07) is 0. The highest BCUT2D eigenvalue weighted by Gasteiger charge is 2.62. The van der Waals surface area contributed by atoms with E-state index in [1.165, 1.54) is 0 Å². The lowest BCUT2D eigenvalue weighted by molar-refractivity contribution is 0.769. The SMILES string of the molecule is ClC1=C(Cl)C2(Cl)CC1(Cl)C(Cl)=C2Cl. The third-order valence-corrected chi connectivity index (χ3v) is 5.91. The van der Waals surface area contributed by atoms with Gasteiger partial charge >= 0.3 is 0 Å². The Morgan fingerprint density at radius 1 is 0.692 bits per heavy atom. The van der Waals surface area contributed by atoms with Gasteiger partial charge in [0.15, 0.2) is 0 Å². The molecular formula is C7H2Cl6. The summed E-state index contributed by atoms with van der Waals surface area (Å²) in [4.78, 5) is -2.00. The van der Waals surface area contributed by atoms with E-state index in [1.54, 1.807) is 0 Å². The van der Waals surface area contributed by atoms with E-state index < -0.39 is 9.75 Å². The Bertz CT molecular complexity index is 294. The van der Waals surface area contributed by atoms with Crippen molar-refractivity contribution in [1.29, 1.82) is 0 Å². The minimum absolute atomic E-state index is 0.278. The first-order valence-corrected chi connectivity index (χ1v) is 5.61. The second kappa shape index (κ2) is 2.87. The largest absolute Gasteiger partial charge is 0.120 e. The average molecular weight is 299 g/mol. The third kappa shape index (κ3) is 1.08. The zero-order valence-corrected chi connectivity index (χ0v) is 10.5. The topological polar surface area (TPSA) is 0 Å². The van der Waals surface area contributed by atoms with Gasteiger partial charge in [0, 0.05) is 6.42 Å². The molecule has 2 bridgehead atoms. The van der Waals surface area contributed by atoms with Gasteiger partial charge in [0.1, 0.15) is 9.75 Å². The molecule has 13 heavy (non-hydrogen) atoms. The lowest BCUT2D eigenvalue weighted by Gasteiger charge is -2.20. The predicted octanol–water partition coefficient (Wildman–Crippen LogP) is 4.74. The van der Waals surface area contributed by atoms with Crippen LogP contribution in [0.1, 0.15) is 6.42 Å². The minimum Gasteiger partial charge on any atom is -0.107 e. The smallest absolute Gasteiger partial charge is 0.107 e. The monoisotopic (exact) mass is 296 g/mol. The minimum atomic E-state index is -1.00. The maximum absolute atomic E-state index is 6.14. The van der Waals surface area contributed by atoms with Crippen LogP contribution in [0.25, 0.3) is 0 Å². The highest BCUT2D eigenvalue weighted by molar-refractivity contribution is 6.60. The highest BCUT2D eigenvalue weighted by atomic mass is 35.5. The van der Waals surface area contributed by atoms with Crippen LogP contribution in [0.15, 0.2) is 20.1 Å². The summed E-state index contributed by atoms with van der Waals surface area (Å²) in [5.41, 5.74) is 0. The molecule has 0 aromatic carbocycles. The van der Waals surface area contributed by atoms with Crippen molar-refractivity contribution in [3.05, 3.63) is 20.1 Å². The molecule has 0 spiro atoms. The number of rotatable bonds is 0. The molecular weight excluding hydrogens is 297 g/mol. The molecule has 0 nitrogen and oxygen atoms in total. The average Bonchev–Trinajstić information content (AvgIpc) is 2.36. The van der Waals surface area contributed by atoms with Gasteiger partial charge in [-0.3, -0.25) is 0 Å². The summed E-state index contributed by atoms with van der Waals surface area (Å²) in [5, 5.41) is 1.11. The van der Waals surface area contributed by atoms with Gasteiger partial charge in [-0.2, -0.15) is 0 Å². The van der Waals surface area contributed by atoms with Crippen molar-refractivity contribution in [3.8, 4) is 0 Å². The molecule has 0 aliphatic heterocycles. The van der Waals surface area contributed by atoms with E-state index in [2.05, 4.69) is 0 Å². The number of alkyl halides is 2. The molecule has 0 saturated heterocycles. The molecule has 0 saturated carbocycles. The molecule has 0 N–H and O–H groups in total. The molecule has 0 aromatic rings. The summed E-state index contributed by atoms with van der Waals surface area (Å²) < 4.78 is 0. The van der Waals surface area contributed by atoms with Crippen LogP contribution in [0.2, 0.25) is 0 Å². The zero-order valence-electron chi connectivity index (χ0n) is 5.97. The van der Waals surface area contributed by atoms with Gasteiger partial charge in [0.25, 0.3) is 0 Å². The maximum atomic E-state index is 6.14. The van der Waals surface area contributed by atoms with Gasteiger partial charge in [0.2, 0.25) is 0 Å². The van der Waals surface area contributed by atoms with Crippen molar-refractivity contribution in [1.82, 2.24) is 0 Å². The Kier molecular flexibility index (Phi) is 2.37. The van der Waals surface area contributed by atoms with Crippen LogP contribution in [-0.4, -0.2) is 9.75 Å². The highest BCUT2D eigenvalue weighted by Crippen LogP contribution is 2.66. The first-order chi connectivity index (χ1) is 5.84. The lowest BCUT2D eigenvalue weighted by Crippen LogP contribution is -2.17. The Hall–Kier alpha value is 1.22. The van der Waals surface area contributed by atoms with Gasteiger partial charge in [-0.25, -0.2) is 0 Å². The quantitative estimate of drug-likeness (QED) is 0.567. The summed E-state index contributed by atoms with van der Waals surface area (Å²) in [6.45, 7) is 0. The second-order valence-corrected chi connectivity index (χ2v) is 5.84. The third-order valence-electron chi connectivity index (χ3n) is 2.26.